The second-order valence-corrected chi connectivity index (χ2v) is 9.80. The van der Waals surface area contributed by atoms with Crippen molar-refractivity contribution in [3.8, 4) is 0 Å². The maximum absolute atomic E-state index is 12.9. The molecule has 0 radical (unpaired) electrons. The first kappa shape index (κ1) is 19.9. The molecular formula is C22H20F3NO2S. The van der Waals surface area contributed by atoms with Crippen molar-refractivity contribution in [1.29, 1.82) is 0 Å². The summed E-state index contributed by atoms with van der Waals surface area (Å²) in [4.78, 5) is 4.32. The average Bonchev–Trinajstić information content (AvgIpc) is 3.28. The Kier molecular flexibility index (Phi) is 4.69. The fourth-order valence-corrected chi connectivity index (χ4v) is 4.78. The summed E-state index contributed by atoms with van der Waals surface area (Å²) in [6, 6.07) is 9.06. The van der Waals surface area contributed by atoms with Crippen LogP contribution in [0, 0.1) is 5.41 Å². The first-order valence-electron chi connectivity index (χ1n) is 9.38. The van der Waals surface area contributed by atoms with E-state index in [1.807, 2.05) is 0 Å². The molecule has 0 amide bonds. The van der Waals surface area contributed by atoms with Gasteiger partial charge in [-0.1, -0.05) is 37.1 Å². The molecule has 0 unspecified atom stereocenters. The van der Waals surface area contributed by atoms with Crippen LogP contribution in [0.1, 0.15) is 42.5 Å². The molecule has 4 rings (SSSR count). The van der Waals surface area contributed by atoms with E-state index in [4.69, 9.17) is 0 Å². The summed E-state index contributed by atoms with van der Waals surface area (Å²) < 4.78 is 62.2. The highest BCUT2D eigenvalue weighted by atomic mass is 32.2. The number of sulfone groups is 1. The smallest absolute Gasteiger partial charge is 0.256 e. The van der Waals surface area contributed by atoms with E-state index < -0.39 is 21.6 Å². The van der Waals surface area contributed by atoms with E-state index in [9.17, 15) is 21.6 Å². The molecule has 0 atom stereocenters. The van der Waals surface area contributed by atoms with Crippen molar-refractivity contribution in [1.82, 2.24) is 4.98 Å². The summed E-state index contributed by atoms with van der Waals surface area (Å²) in [7, 11) is -3.30. The van der Waals surface area contributed by atoms with Crippen LogP contribution in [0.2, 0.25) is 0 Å². The monoisotopic (exact) mass is 419 g/mol. The number of hydrogen-bond acceptors (Lipinski definition) is 3. The number of rotatable bonds is 3. The van der Waals surface area contributed by atoms with Gasteiger partial charge in [-0.2, -0.15) is 13.2 Å². The molecule has 29 heavy (non-hydrogen) atoms. The molecule has 0 N–H and O–H groups in total. The molecular weight excluding hydrogens is 399 g/mol. The van der Waals surface area contributed by atoms with Gasteiger partial charge in [-0.15, -0.1) is 0 Å². The van der Waals surface area contributed by atoms with Crippen molar-refractivity contribution in [2.45, 2.75) is 36.8 Å². The van der Waals surface area contributed by atoms with Gasteiger partial charge in [0.05, 0.1) is 16.2 Å². The lowest BCUT2D eigenvalue weighted by atomic mass is 9.88. The van der Waals surface area contributed by atoms with E-state index in [-0.39, 0.29) is 10.3 Å². The second-order valence-electron chi connectivity index (χ2n) is 7.78. The third-order valence-corrected chi connectivity index (χ3v) is 6.78. The maximum Gasteiger partial charge on any atom is 0.417 e. The molecule has 0 aliphatic heterocycles. The summed E-state index contributed by atoms with van der Waals surface area (Å²) in [6.45, 7) is 0. The molecule has 2 aliphatic carbocycles. The number of alkyl halides is 3. The van der Waals surface area contributed by atoms with Crippen molar-refractivity contribution in [3.05, 3.63) is 71.6 Å². The van der Waals surface area contributed by atoms with Crippen molar-refractivity contribution in [2.24, 2.45) is 5.41 Å². The van der Waals surface area contributed by atoms with Crippen LogP contribution in [-0.4, -0.2) is 19.7 Å². The minimum absolute atomic E-state index is 0.107. The molecule has 1 saturated carbocycles. The predicted octanol–water partition coefficient (Wildman–Crippen LogP) is 5.54. The lowest BCUT2D eigenvalue weighted by Crippen LogP contribution is -2.06. The minimum atomic E-state index is -4.43. The van der Waals surface area contributed by atoms with Crippen LogP contribution in [0.4, 0.5) is 13.2 Å². The van der Waals surface area contributed by atoms with Crippen LogP contribution in [0.15, 0.2) is 59.6 Å². The van der Waals surface area contributed by atoms with Crippen LogP contribution < -0.4 is 0 Å². The normalized spacial score (nSPS) is 18.8. The van der Waals surface area contributed by atoms with Crippen LogP contribution >= 0.6 is 0 Å². The van der Waals surface area contributed by atoms with Gasteiger partial charge in [0.1, 0.15) is 0 Å². The Morgan fingerprint density at radius 1 is 0.931 bits per heavy atom. The zero-order valence-electron chi connectivity index (χ0n) is 15.8. The first-order chi connectivity index (χ1) is 13.6. The molecule has 2 aliphatic rings. The third kappa shape index (κ3) is 3.88. The molecule has 7 heteroatoms. The van der Waals surface area contributed by atoms with Gasteiger partial charge in [0.15, 0.2) is 9.84 Å². The lowest BCUT2D eigenvalue weighted by molar-refractivity contribution is -0.137. The molecule has 0 bridgehead atoms. The van der Waals surface area contributed by atoms with E-state index >= 15 is 0 Å². The van der Waals surface area contributed by atoms with Gasteiger partial charge in [0.25, 0.3) is 0 Å². The quantitative estimate of drug-likeness (QED) is 0.656. The highest BCUT2D eigenvalue weighted by Crippen LogP contribution is 2.51. The Balaban J connectivity index is 1.76. The highest BCUT2D eigenvalue weighted by molar-refractivity contribution is 7.90. The van der Waals surface area contributed by atoms with Crippen molar-refractivity contribution < 1.29 is 21.6 Å². The third-order valence-electron chi connectivity index (χ3n) is 5.65. The topological polar surface area (TPSA) is 47.0 Å². The summed E-state index contributed by atoms with van der Waals surface area (Å²) in [5.74, 6) is 0. The van der Waals surface area contributed by atoms with Gasteiger partial charge in [0, 0.05) is 23.4 Å². The molecule has 1 fully saturated rings. The SMILES string of the molecule is CS(=O)(=O)c1ccc(C2=CC3(C=C2c2ccc(C(F)(F)F)cn2)CCCC3)cc1. The number of pyridine rings is 1. The van der Waals surface area contributed by atoms with Gasteiger partial charge >= 0.3 is 6.18 Å². The van der Waals surface area contributed by atoms with Gasteiger partial charge in [-0.05, 0) is 48.2 Å². The Bertz CT molecular complexity index is 1090. The Labute approximate surface area is 167 Å². The predicted molar refractivity (Wildman–Crippen MR) is 106 cm³/mol. The van der Waals surface area contributed by atoms with Gasteiger partial charge in [0.2, 0.25) is 0 Å². The average molecular weight is 419 g/mol. The zero-order valence-corrected chi connectivity index (χ0v) is 16.6. The maximum atomic E-state index is 12.9. The second kappa shape index (κ2) is 6.83. The molecule has 2 aromatic rings. The number of allylic oxidation sites excluding steroid dienone is 4. The lowest BCUT2D eigenvalue weighted by Gasteiger charge is -2.16. The van der Waals surface area contributed by atoms with Gasteiger partial charge in [-0.3, -0.25) is 4.98 Å². The van der Waals surface area contributed by atoms with Crippen molar-refractivity contribution in [2.75, 3.05) is 6.26 Å². The minimum Gasteiger partial charge on any atom is -0.256 e. The summed E-state index contributed by atoms with van der Waals surface area (Å²) in [6.07, 6.45) is 6.05. The molecule has 1 aromatic carbocycles. The zero-order chi connectivity index (χ0) is 20.9. The van der Waals surface area contributed by atoms with Crippen LogP contribution in [-0.2, 0) is 16.0 Å². The van der Waals surface area contributed by atoms with E-state index in [2.05, 4.69) is 17.1 Å². The largest absolute Gasteiger partial charge is 0.417 e. The highest BCUT2D eigenvalue weighted by Gasteiger charge is 2.37. The molecule has 152 valence electrons. The summed E-state index contributed by atoms with van der Waals surface area (Å²) in [5.41, 5.74) is 2.12. The molecule has 1 aromatic heterocycles. The van der Waals surface area contributed by atoms with Crippen molar-refractivity contribution in [3.63, 3.8) is 0 Å². The fourth-order valence-electron chi connectivity index (χ4n) is 4.15. The number of aromatic nitrogens is 1. The number of halogens is 3. The van der Waals surface area contributed by atoms with Gasteiger partial charge < -0.3 is 0 Å². The van der Waals surface area contributed by atoms with Gasteiger partial charge in [-0.25, -0.2) is 8.42 Å². The Morgan fingerprint density at radius 3 is 2.07 bits per heavy atom. The number of benzene rings is 1. The Hall–Kier alpha value is -2.41. The fraction of sp³-hybridized carbons (Fsp3) is 0.318. The standard InChI is InChI=1S/C22H20F3NO2S/c1-29(27,28)17-7-4-15(5-8-17)18-12-21(10-2-3-11-21)13-19(18)20-9-6-16(14-26-20)22(23,24)25/h4-9,12-14H,2-3,10-11H2,1H3. The molecule has 0 saturated heterocycles. The summed E-state index contributed by atoms with van der Waals surface area (Å²) in [5, 5.41) is 0. The van der Waals surface area contributed by atoms with Crippen LogP contribution in [0.5, 0.6) is 0 Å². The number of hydrogen-bond donors (Lipinski definition) is 0. The molecule has 1 spiro atoms. The van der Waals surface area contributed by atoms with Crippen LogP contribution in [0.3, 0.4) is 0 Å². The Morgan fingerprint density at radius 2 is 1.55 bits per heavy atom. The molecule has 1 heterocycles. The van der Waals surface area contributed by atoms with E-state index in [1.165, 1.54) is 6.07 Å². The summed E-state index contributed by atoms with van der Waals surface area (Å²) >= 11 is 0. The van der Waals surface area contributed by atoms with Crippen LogP contribution in [0.25, 0.3) is 11.1 Å². The van der Waals surface area contributed by atoms with E-state index in [0.29, 0.717) is 5.69 Å². The first-order valence-corrected chi connectivity index (χ1v) is 11.3. The van der Waals surface area contributed by atoms with E-state index in [1.54, 1.807) is 24.3 Å². The van der Waals surface area contributed by atoms with E-state index in [0.717, 1.165) is 60.9 Å². The number of nitrogens with zero attached hydrogens (tertiary/aromatic N) is 1. The molecule has 3 nitrogen and oxygen atoms in total. The van der Waals surface area contributed by atoms with Crippen molar-refractivity contribution >= 4 is 21.0 Å².